The zero-order valence-electron chi connectivity index (χ0n) is 13.8. The maximum Gasteiger partial charge on any atom is 0.243 e. The number of piperazine rings is 1. The number of nitrogens with zero attached hydrogens (tertiary/aromatic N) is 4. The second-order valence-corrected chi connectivity index (χ2v) is 8.60. The Morgan fingerprint density at radius 2 is 1.46 bits per heavy atom. The molecule has 2 aromatic carbocycles. The molecule has 0 saturated carbocycles. The van der Waals surface area contributed by atoms with Gasteiger partial charge in [-0.1, -0.05) is 0 Å². The topological polar surface area (TPSA) is 88.2 Å². The van der Waals surface area contributed by atoms with E-state index < -0.39 is 10.0 Å². The normalized spacial score (nSPS) is 15.3. The van der Waals surface area contributed by atoms with Crippen molar-refractivity contribution in [1.29, 1.82) is 10.5 Å². The summed E-state index contributed by atoms with van der Waals surface area (Å²) in [6.45, 7) is 1.85. The van der Waals surface area contributed by atoms with Crippen LogP contribution >= 0.6 is 15.9 Å². The van der Waals surface area contributed by atoms with E-state index in [1.165, 1.54) is 28.6 Å². The van der Waals surface area contributed by atoms with Crippen molar-refractivity contribution < 1.29 is 8.42 Å². The van der Waals surface area contributed by atoms with Crippen LogP contribution < -0.4 is 4.90 Å². The van der Waals surface area contributed by atoms with E-state index in [1.807, 2.05) is 12.1 Å². The third kappa shape index (κ3) is 3.58. The summed E-state index contributed by atoms with van der Waals surface area (Å²) in [6, 6.07) is 15.4. The number of halogens is 1. The summed E-state index contributed by atoms with van der Waals surface area (Å²) < 4.78 is 27.8. The van der Waals surface area contributed by atoms with Crippen molar-refractivity contribution in [3.63, 3.8) is 0 Å². The number of anilines is 1. The molecule has 132 valence electrons. The summed E-state index contributed by atoms with van der Waals surface area (Å²) in [5.74, 6) is 0. The smallest absolute Gasteiger partial charge is 0.243 e. The Bertz CT molecular complexity index is 999. The molecule has 1 saturated heterocycles. The highest BCUT2D eigenvalue weighted by Crippen LogP contribution is 2.29. The van der Waals surface area contributed by atoms with Gasteiger partial charge < -0.3 is 4.90 Å². The van der Waals surface area contributed by atoms with Gasteiger partial charge in [0.05, 0.1) is 33.8 Å². The molecule has 1 heterocycles. The lowest BCUT2D eigenvalue weighted by Gasteiger charge is -2.35. The van der Waals surface area contributed by atoms with Crippen LogP contribution in [0.2, 0.25) is 0 Å². The van der Waals surface area contributed by atoms with E-state index in [0.717, 1.165) is 10.2 Å². The highest BCUT2D eigenvalue weighted by molar-refractivity contribution is 9.10. The molecule has 1 aliphatic heterocycles. The van der Waals surface area contributed by atoms with Crippen LogP contribution in [-0.4, -0.2) is 38.9 Å². The molecule has 6 nitrogen and oxygen atoms in total. The van der Waals surface area contributed by atoms with Crippen LogP contribution in [0.15, 0.2) is 51.8 Å². The van der Waals surface area contributed by atoms with Gasteiger partial charge in [-0.2, -0.15) is 14.8 Å². The SMILES string of the molecule is N#Cc1ccc(S(=O)(=O)N2CCN(c3ccc(C#N)cc3Br)CC2)cc1. The van der Waals surface area contributed by atoms with E-state index in [9.17, 15) is 8.42 Å². The van der Waals surface area contributed by atoms with Crippen LogP contribution in [0.5, 0.6) is 0 Å². The average molecular weight is 431 g/mol. The molecule has 0 aliphatic carbocycles. The van der Waals surface area contributed by atoms with Gasteiger partial charge in [0.2, 0.25) is 10.0 Å². The lowest BCUT2D eigenvalue weighted by Crippen LogP contribution is -2.48. The molecule has 0 spiro atoms. The predicted molar refractivity (Wildman–Crippen MR) is 101 cm³/mol. The molecule has 8 heteroatoms. The van der Waals surface area contributed by atoms with E-state index in [2.05, 4.69) is 26.9 Å². The number of benzene rings is 2. The number of hydrogen-bond acceptors (Lipinski definition) is 5. The van der Waals surface area contributed by atoms with Gasteiger partial charge in [0.25, 0.3) is 0 Å². The Hall–Kier alpha value is -2.39. The van der Waals surface area contributed by atoms with Crippen LogP contribution in [0.1, 0.15) is 11.1 Å². The molecule has 0 N–H and O–H groups in total. The van der Waals surface area contributed by atoms with Crippen molar-refractivity contribution in [2.45, 2.75) is 4.90 Å². The van der Waals surface area contributed by atoms with E-state index in [4.69, 9.17) is 10.5 Å². The third-order valence-electron chi connectivity index (χ3n) is 4.28. The second kappa shape index (κ2) is 7.46. The molecule has 1 fully saturated rings. The largest absolute Gasteiger partial charge is 0.368 e. The van der Waals surface area contributed by atoms with Crippen LogP contribution in [0.4, 0.5) is 5.69 Å². The molecule has 3 rings (SSSR count). The molecule has 0 bridgehead atoms. The van der Waals surface area contributed by atoms with Gasteiger partial charge >= 0.3 is 0 Å². The van der Waals surface area contributed by atoms with Crippen molar-refractivity contribution in [2.75, 3.05) is 31.1 Å². The Labute approximate surface area is 161 Å². The first-order chi connectivity index (χ1) is 12.5. The maximum absolute atomic E-state index is 12.8. The van der Waals surface area contributed by atoms with Crippen molar-refractivity contribution in [3.8, 4) is 12.1 Å². The number of rotatable bonds is 3. The Kier molecular flexibility index (Phi) is 5.28. The van der Waals surface area contributed by atoms with Crippen molar-refractivity contribution in [2.24, 2.45) is 0 Å². The Balaban J connectivity index is 1.73. The molecule has 0 unspecified atom stereocenters. The van der Waals surface area contributed by atoms with E-state index in [1.54, 1.807) is 12.1 Å². The standard InChI is InChI=1S/C18H15BrN4O2S/c19-17-11-15(13-21)3-6-18(17)22-7-9-23(10-8-22)26(24,25)16-4-1-14(12-20)2-5-16/h1-6,11H,7-10H2. The summed E-state index contributed by atoms with van der Waals surface area (Å²) in [7, 11) is -3.57. The number of nitriles is 2. The quantitative estimate of drug-likeness (QED) is 0.746. The molecule has 0 atom stereocenters. The summed E-state index contributed by atoms with van der Waals surface area (Å²) in [5, 5.41) is 17.8. The fraction of sp³-hybridized carbons (Fsp3) is 0.222. The zero-order chi connectivity index (χ0) is 18.7. The highest BCUT2D eigenvalue weighted by atomic mass is 79.9. The molecular weight excluding hydrogens is 416 g/mol. The molecule has 0 amide bonds. The lowest BCUT2D eigenvalue weighted by molar-refractivity contribution is 0.385. The summed E-state index contributed by atoms with van der Waals surface area (Å²) in [6.07, 6.45) is 0. The summed E-state index contributed by atoms with van der Waals surface area (Å²) in [4.78, 5) is 2.29. The van der Waals surface area contributed by atoms with Gasteiger partial charge in [0.1, 0.15) is 0 Å². The van der Waals surface area contributed by atoms with Crippen molar-refractivity contribution >= 4 is 31.6 Å². The predicted octanol–water partition coefficient (Wildman–Crippen LogP) is 2.70. The molecule has 0 aromatic heterocycles. The van der Waals surface area contributed by atoms with Crippen LogP contribution in [0.3, 0.4) is 0 Å². The summed E-state index contributed by atoms with van der Waals surface area (Å²) in [5.41, 5.74) is 1.95. The van der Waals surface area contributed by atoms with Gasteiger partial charge in [-0.25, -0.2) is 8.42 Å². The fourth-order valence-corrected chi connectivity index (χ4v) is 4.90. The Morgan fingerprint density at radius 3 is 2.00 bits per heavy atom. The first kappa shape index (κ1) is 18.4. The number of sulfonamides is 1. The van der Waals surface area contributed by atoms with Crippen molar-refractivity contribution in [1.82, 2.24) is 4.31 Å². The second-order valence-electron chi connectivity index (χ2n) is 5.81. The molecule has 0 radical (unpaired) electrons. The van der Waals surface area contributed by atoms with Gasteiger partial charge in [-0.05, 0) is 58.4 Å². The minimum atomic E-state index is -3.57. The molecule has 1 aliphatic rings. The van der Waals surface area contributed by atoms with Gasteiger partial charge in [-0.3, -0.25) is 0 Å². The van der Waals surface area contributed by atoms with Gasteiger partial charge in [0, 0.05) is 30.7 Å². The van der Waals surface area contributed by atoms with Crippen LogP contribution in [0, 0.1) is 22.7 Å². The minimum absolute atomic E-state index is 0.199. The van der Waals surface area contributed by atoms with E-state index in [-0.39, 0.29) is 4.90 Å². The first-order valence-corrected chi connectivity index (χ1v) is 10.1. The van der Waals surface area contributed by atoms with Gasteiger partial charge in [0.15, 0.2) is 0 Å². The Morgan fingerprint density at radius 1 is 0.885 bits per heavy atom. The molecule has 26 heavy (non-hydrogen) atoms. The van der Waals surface area contributed by atoms with E-state index >= 15 is 0 Å². The van der Waals surface area contributed by atoms with Crippen LogP contribution in [-0.2, 0) is 10.0 Å². The van der Waals surface area contributed by atoms with Crippen LogP contribution in [0.25, 0.3) is 0 Å². The van der Waals surface area contributed by atoms with Gasteiger partial charge in [-0.15, -0.1) is 0 Å². The summed E-state index contributed by atoms with van der Waals surface area (Å²) >= 11 is 3.48. The maximum atomic E-state index is 12.8. The van der Waals surface area contributed by atoms with Crippen molar-refractivity contribution in [3.05, 3.63) is 58.1 Å². The number of hydrogen-bond donors (Lipinski definition) is 0. The fourth-order valence-electron chi connectivity index (χ4n) is 2.85. The first-order valence-electron chi connectivity index (χ1n) is 7.90. The minimum Gasteiger partial charge on any atom is -0.368 e. The third-order valence-corrected chi connectivity index (χ3v) is 6.83. The molecular formula is C18H15BrN4O2S. The zero-order valence-corrected chi connectivity index (χ0v) is 16.2. The average Bonchev–Trinajstić information content (AvgIpc) is 2.68. The monoisotopic (exact) mass is 430 g/mol. The molecule has 2 aromatic rings. The highest BCUT2D eigenvalue weighted by Gasteiger charge is 2.29. The lowest BCUT2D eigenvalue weighted by atomic mass is 10.2. The van der Waals surface area contributed by atoms with E-state index in [0.29, 0.717) is 37.3 Å².